The second-order valence-electron chi connectivity index (χ2n) is 5.65. The molecule has 0 amide bonds. The van der Waals surface area contributed by atoms with Gasteiger partial charge in [-0.15, -0.1) is 0 Å². The van der Waals surface area contributed by atoms with Gasteiger partial charge in [0.05, 0.1) is 0 Å². The van der Waals surface area contributed by atoms with Crippen molar-refractivity contribution in [3.8, 4) is 0 Å². The summed E-state index contributed by atoms with van der Waals surface area (Å²) >= 11 is 0. The Bertz CT molecular complexity index is 474. The van der Waals surface area contributed by atoms with Gasteiger partial charge in [0.25, 0.3) is 0 Å². The highest BCUT2D eigenvalue weighted by molar-refractivity contribution is 5.80. The Hall–Kier alpha value is -1.37. The third-order valence-corrected chi connectivity index (χ3v) is 4.42. The summed E-state index contributed by atoms with van der Waals surface area (Å²) in [5, 5.41) is 0. The van der Waals surface area contributed by atoms with Crippen LogP contribution in [-0.2, 0) is 11.2 Å². The van der Waals surface area contributed by atoms with E-state index in [4.69, 9.17) is 0 Å². The van der Waals surface area contributed by atoms with Gasteiger partial charge in [-0.2, -0.15) is 0 Å². The van der Waals surface area contributed by atoms with Gasteiger partial charge in [0, 0.05) is 12.8 Å². The fourth-order valence-electron chi connectivity index (χ4n) is 3.45. The van der Waals surface area contributed by atoms with E-state index >= 15 is 0 Å². The Morgan fingerprint density at radius 2 is 1.76 bits per heavy atom. The number of fused-ring (bicyclic) bond motifs is 1. The third-order valence-electron chi connectivity index (χ3n) is 4.42. The molecule has 1 spiro atoms. The summed E-state index contributed by atoms with van der Waals surface area (Å²) in [5.41, 5.74) is 4.37. The van der Waals surface area contributed by atoms with Crippen molar-refractivity contribution in [1.29, 1.82) is 0 Å². The van der Waals surface area contributed by atoms with Crippen LogP contribution in [0.25, 0.3) is 5.57 Å². The molecule has 0 saturated heterocycles. The van der Waals surface area contributed by atoms with Crippen LogP contribution in [0.4, 0.5) is 0 Å². The van der Waals surface area contributed by atoms with Crippen molar-refractivity contribution in [2.75, 3.05) is 0 Å². The standard InChI is InChI=1S/C16H18O/c1-12-10-16(8-6-14(17)7-9-16)11-13-4-2-3-5-15(12)13/h2-5H,1,6-11H2. The van der Waals surface area contributed by atoms with Gasteiger partial charge < -0.3 is 0 Å². The van der Waals surface area contributed by atoms with Crippen LogP contribution in [0, 0.1) is 5.41 Å². The first kappa shape index (κ1) is 10.8. The average Bonchev–Trinajstić information content (AvgIpc) is 2.34. The van der Waals surface area contributed by atoms with E-state index in [1.165, 1.54) is 16.7 Å². The molecule has 2 aliphatic carbocycles. The number of ketones is 1. The molecular weight excluding hydrogens is 208 g/mol. The molecule has 17 heavy (non-hydrogen) atoms. The number of carbonyl (C=O) groups excluding carboxylic acids is 1. The van der Waals surface area contributed by atoms with Gasteiger partial charge in [0.15, 0.2) is 0 Å². The minimum Gasteiger partial charge on any atom is -0.300 e. The summed E-state index contributed by atoms with van der Waals surface area (Å²) in [7, 11) is 0. The number of hydrogen-bond acceptors (Lipinski definition) is 1. The zero-order valence-corrected chi connectivity index (χ0v) is 10.2. The zero-order chi connectivity index (χ0) is 11.9. The fraction of sp³-hybridized carbons (Fsp3) is 0.438. The van der Waals surface area contributed by atoms with Gasteiger partial charge in [0.2, 0.25) is 0 Å². The molecule has 0 heterocycles. The molecule has 0 aromatic heterocycles. The van der Waals surface area contributed by atoms with E-state index < -0.39 is 0 Å². The molecule has 3 rings (SSSR count). The molecule has 1 aromatic rings. The molecule has 0 atom stereocenters. The number of carbonyl (C=O) groups is 1. The summed E-state index contributed by atoms with van der Waals surface area (Å²) in [6, 6.07) is 8.60. The SMILES string of the molecule is C=C1CC2(CCC(=O)CC2)Cc2ccccc21. The van der Waals surface area contributed by atoms with Crippen LogP contribution < -0.4 is 0 Å². The van der Waals surface area contributed by atoms with Crippen LogP contribution in [0.2, 0.25) is 0 Å². The Morgan fingerprint density at radius 1 is 1.06 bits per heavy atom. The van der Waals surface area contributed by atoms with Crippen molar-refractivity contribution in [2.24, 2.45) is 5.41 Å². The second-order valence-corrected chi connectivity index (χ2v) is 5.65. The minimum atomic E-state index is 0.333. The van der Waals surface area contributed by atoms with Crippen LogP contribution >= 0.6 is 0 Å². The number of hydrogen-bond donors (Lipinski definition) is 0. The Balaban J connectivity index is 1.93. The number of benzene rings is 1. The first-order valence-electron chi connectivity index (χ1n) is 6.46. The van der Waals surface area contributed by atoms with Crippen LogP contribution in [0.5, 0.6) is 0 Å². The lowest BCUT2D eigenvalue weighted by Gasteiger charge is -2.41. The van der Waals surface area contributed by atoms with Gasteiger partial charge in [-0.3, -0.25) is 4.79 Å². The van der Waals surface area contributed by atoms with E-state index in [-0.39, 0.29) is 0 Å². The molecule has 0 aliphatic heterocycles. The van der Waals surface area contributed by atoms with Gasteiger partial charge in [0.1, 0.15) is 5.78 Å². The van der Waals surface area contributed by atoms with E-state index in [9.17, 15) is 4.79 Å². The number of Topliss-reactive ketones (excluding diaryl/α,β-unsaturated/α-hetero) is 1. The molecule has 1 nitrogen and oxygen atoms in total. The fourth-order valence-corrected chi connectivity index (χ4v) is 3.45. The van der Waals surface area contributed by atoms with Crippen molar-refractivity contribution < 1.29 is 4.79 Å². The average molecular weight is 226 g/mol. The van der Waals surface area contributed by atoms with Crippen molar-refractivity contribution in [3.63, 3.8) is 0 Å². The molecule has 0 bridgehead atoms. The van der Waals surface area contributed by atoms with Crippen molar-refractivity contribution in [1.82, 2.24) is 0 Å². The van der Waals surface area contributed by atoms with Gasteiger partial charge >= 0.3 is 0 Å². The molecule has 1 fully saturated rings. The monoisotopic (exact) mass is 226 g/mol. The molecule has 88 valence electrons. The molecule has 1 saturated carbocycles. The van der Waals surface area contributed by atoms with Gasteiger partial charge in [-0.05, 0) is 47.8 Å². The molecule has 1 heteroatoms. The number of allylic oxidation sites excluding steroid dienone is 1. The molecule has 2 aliphatic rings. The first-order valence-corrected chi connectivity index (χ1v) is 6.46. The zero-order valence-electron chi connectivity index (χ0n) is 10.2. The summed E-state index contributed by atoms with van der Waals surface area (Å²) in [6.07, 6.45) is 5.87. The number of rotatable bonds is 0. The van der Waals surface area contributed by atoms with E-state index in [0.29, 0.717) is 11.2 Å². The highest BCUT2D eigenvalue weighted by atomic mass is 16.1. The Labute approximate surface area is 103 Å². The van der Waals surface area contributed by atoms with Crippen molar-refractivity contribution in [2.45, 2.75) is 38.5 Å². The first-order chi connectivity index (χ1) is 8.19. The van der Waals surface area contributed by atoms with E-state index in [2.05, 4.69) is 30.8 Å². The lowest BCUT2D eigenvalue weighted by molar-refractivity contribution is -0.122. The highest BCUT2D eigenvalue weighted by Gasteiger charge is 2.38. The summed E-state index contributed by atoms with van der Waals surface area (Å²) in [6.45, 7) is 4.24. The maximum atomic E-state index is 11.4. The summed E-state index contributed by atoms with van der Waals surface area (Å²) in [4.78, 5) is 11.4. The topological polar surface area (TPSA) is 17.1 Å². The lowest BCUT2D eigenvalue weighted by Crippen LogP contribution is -2.33. The predicted octanol–water partition coefficient (Wildman–Crippen LogP) is 3.78. The molecular formula is C16H18O. The normalized spacial score (nSPS) is 22.6. The van der Waals surface area contributed by atoms with E-state index in [1.54, 1.807) is 0 Å². The molecule has 0 N–H and O–H groups in total. The lowest BCUT2D eigenvalue weighted by atomic mass is 9.62. The van der Waals surface area contributed by atoms with Crippen LogP contribution in [0.1, 0.15) is 43.2 Å². The second kappa shape index (κ2) is 3.83. The van der Waals surface area contributed by atoms with Crippen LogP contribution in [0.15, 0.2) is 30.8 Å². The van der Waals surface area contributed by atoms with E-state index in [0.717, 1.165) is 38.5 Å². The smallest absolute Gasteiger partial charge is 0.132 e. The molecule has 0 unspecified atom stereocenters. The summed E-state index contributed by atoms with van der Waals surface area (Å²) < 4.78 is 0. The highest BCUT2D eigenvalue weighted by Crippen LogP contribution is 2.48. The quantitative estimate of drug-likeness (QED) is 0.658. The maximum Gasteiger partial charge on any atom is 0.132 e. The minimum absolute atomic E-state index is 0.333. The van der Waals surface area contributed by atoms with Crippen molar-refractivity contribution >= 4 is 11.4 Å². The van der Waals surface area contributed by atoms with E-state index in [1.807, 2.05) is 0 Å². The summed E-state index contributed by atoms with van der Waals surface area (Å²) in [5.74, 6) is 0.445. The van der Waals surface area contributed by atoms with Gasteiger partial charge in [-0.25, -0.2) is 0 Å². The third kappa shape index (κ3) is 1.84. The van der Waals surface area contributed by atoms with Crippen LogP contribution in [-0.4, -0.2) is 5.78 Å². The Morgan fingerprint density at radius 3 is 2.53 bits per heavy atom. The largest absolute Gasteiger partial charge is 0.300 e. The molecule has 0 radical (unpaired) electrons. The molecule has 1 aromatic carbocycles. The van der Waals surface area contributed by atoms with Gasteiger partial charge in [-0.1, -0.05) is 30.8 Å². The predicted molar refractivity (Wildman–Crippen MR) is 69.7 cm³/mol. The maximum absolute atomic E-state index is 11.4. The Kier molecular flexibility index (Phi) is 2.43. The van der Waals surface area contributed by atoms with Crippen molar-refractivity contribution in [3.05, 3.63) is 42.0 Å². The van der Waals surface area contributed by atoms with Crippen LogP contribution in [0.3, 0.4) is 0 Å².